The lowest BCUT2D eigenvalue weighted by Crippen LogP contribution is -2.37. The molecule has 4 aromatic rings. The standard InChI is InChI=1S/C22H16BrClF6N8O3/c23-13-2-1-7-31-17(13)38-18(19(40)32-10-21(25,26)27)33-15(34-38)9-37-20(41)36(8-14(39)22(28,29)30)16(35-37)11-3-5-12(24)6-4-11/h1-7,14,39H,8-10H2,(H,32,40). The fourth-order valence-electron chi connectivity index (χ4n) is 3.44. The highest BCUT2D eigenvalue weighted by Gasteiger charge is 2.39. The number of amides is 1. The average molecular weight is 670 g/mol. The van der Waals surface area contributed by atoms with Crippen LogP contribution in [-0.4, -0.2) is 70.1 Å². The predicted molar refractivity (Wildman–Crippen MR) is 133 cm³/mol. The van der Waals surface area contributed by atoms with Gasteiger partial charge in [-0.2, -0.15) is 31.0 Å². The van der Waals surface area contributed by atoms with Gasteiger partial charge in [-0.1, -0.05) is 11.6 Å². The highest BCUT2D eigenvalue weighted by Crippen LogP contribution is 2.24. The van der Waals surface area contributed by atoms with Crippen molar-refractivity contribution in [2.75, 3.05) is 6.54 Å². The van der Waals surface area contributed by atoms with Gasteiger partial charge in [-0.25, -0.2) is 19.4 Å². The van der Waals surface area contributed by atoms with Crippen LogP contribution in [0.5, 0.6) is 0 Å². The molecule has 11 nitrogen and oxygen atoms in total. The minimum absolute atomic E-state index is 0.0311. The number of aliphatic hydroxyl groups excluding tert-OH is 1. The molecule has 3 aromatic heterocycles. The van der Waals surface area contributed by atoms with Gasteiger partial charge >= 0.3 is 18.0 Å². The Balaban J connectivity index is 1.77. The third-order valence-electron chi connectivity index (χ3n) is 5.29. The Hall–Kier alpha value is -3.77. The Morgan fingerprint density at radius 3 is 2.39 bits per heavy atom. The van der Waals surface area contributed by atoms with Crippen molar-refractivity contribution >= 4 is 33.4 Å². The number of hydrogen-bond acceptors (Lipinski definition) is 7. The summed E-state index contributed by atoms with van der Waals surface area (Å²) in [5, 5.41) is 19.7. The first kappa shape index (κ1) is 30.2. The van der Waals surface area contributed by atoms with Crippen LogP contribution in [0.3, 0.4) is 0 Å². The second kappa shape index (κ2) is 11.6. The number of halogens is 8. The maximum absolute atomic E-state index is 13.1. The third kappa shape index (κ3) is 7.12. The highest BCUT2D eigenvalue weighted by atomic mass is 79.9. The molecule has 0 aliphatic rings. The summed E-state index contributed by atoms with van der Waals surface area (Å²) in [5.41, 5.74) is -0.917. The Bertz CT molecular complexity index is 1620. The minimum Gasteiger partial charge on any atom is -0.382 e. The molecular formula is C22H16BrClF6N8O3. The maximum atomic E-state index is 13.1. The number of aromatic nitrogens is 7. The van der Waals surface area contributed by atoms with Crippen molar-refractivity contribution in [1.82, 2.24) is 39.4 Å². The second-order valence-corrected chi connectivity index (χ2v) is 9.60. The monoisotopic (exact) mass is 668 g/mol. The molecule has 3 heterocycles. The van der Waals surface area contributed by atoms with Crippen molar-refractivity contribution in [1.29, 1.82) is 0 Å². The summed E-state index contributed by atoms with van der Waals surface area (Å²) in [4.78, 5) is 33.7. The molecule has 1 aromatic carbocycles. The Morgan fingerprint density at radius 1 is 1.10 bits per heavy atom. The van der Waals surface area contributed by atoms with Crippen LogP contribution in [0.4, 0.5) is 26.3 Å². The van der Waals surface area contributed by atoms with E-state index in [0.717, 1.165) is 4.68 Å². The van der Waals surface area contributed by atoms with Crippen molar-refractivity contribution < 1.29 is 36.2 Å². The first-order valence-corrected chi connectivity index (χ1v) is 12.4. The van der Waals surface area contributed by atoms with Gasteiger partial charge in [0.15, 0.2) is 23.6 Å². The summed E-state index contributed by atoms with van der Waals surface area (Å²) in [7, 11) is 0. The summed E-state index contributed by atoms with van der Waals surface area (Å²) in [6.45, 7) is -3.49. The molecule has 0 aliphatic carbocycles. The van der Waals surface area contributed by atoms with Crippen molar-refractivity contribution in [3.8, 4) is 17.2 Å². The zero-order valence-electron chi connectivity index (χ0n) is 20.2. The lowest BCUT2D eigenvalue weighted by atomic mass is 10.2. The lowest BCUT2D eigenvalue weighted by molar-refractivity contribution is -0.207. The Morgan fingerprint density at radius 2 is 1.78 bits per heavy atom. The first-order valence-electron chi connectivity index (χ1n) is 11.2. The van der Waals surface area contributed by atoms with Gasteiger partial charge in [0.05, 0.1) is 11.0 Å². The molecule has 0 radical (unpaired) electrons. The molecule has 0 saturated carbocycles. The number of carbonyl (C=O) groups excluding carboxylic acids is 1. The van der Waals surface area contributed by atoms with E-state index in [4.69, 9.17) is 11.6 Å². The second-order valence-electron chi connectivity index (χ2n) is 8.31. The van der Waals surface area contributed by atoms with Crippen molar-refractivity contribution in [2.45, 2.75) is 31.5 Å². The van der Waals surface area contributed by atoms with E-state index in [1.54, 1.807) is 5.32 Å². The van der Waals surface area contributed by atoms with Crippen molar-refractivity contribution in [3.05, 3.63) is 74.2 Å². The van der Waals surface area contributed by atoms with Gasteiger partial charge in [0.25, 0.3) is 5.91 Å². The van der Waals surface area contributed by atoms with Crippen LogP contribution in [0.2, 0.25) is 5.02 Å². The van der Waals surface area contributed by atoms with Crippen LogP contribution >= 0.6 is 27.5 Å². The SMILES string of the molecule is O=C(NCC(F)(F)F)c1nc(Cn2nc(-c3ccc(Cl)cc3)n(CC(O)C(F)(F)F)c2=O)nn1-c1ncccc1Br. The lowest BCUT2D eigenvalue weighted by Gasteiger charge is -2.15. The van der Waals surface area contributed by atoms with Gasteiger partial charge in [-0.15, -0.1) is 10.2 Å². The molecule has 0 saturated heterocycles. The van der Waals surface area contributed by atoms with Crippen LogP contribution in [0.25, 0.3) is 17.2 Å². The number of aliphatic hydroxyl groups is 1. The average Bonchev–Trinajstić information content (AvgIpc) is 3.44. The van der Waals surface area contributed by atoms with Gasteiger partial charge in [0.2, 0.25) is 5.82 Å². The van der Waals surface area contributed by atoms with Gasteiger partial charge in [-0.3, -0.25) is 9.36 Å². The topological polar surface area (TPSA) is 133 Å². The van der Waals surface area contributed by atoms with Crippen LogP contribution in [0, 0.1) is 0 Å². The van der Waals surface area contributed by atoms with E-state index in [1.807, 2.05) is 0 Å². The van der Waals surface area contributed by atoms with Crippen LogP contribution in [0.15, 0.2) is 51.9 Å². The summed E-state index contributed by atoms with van der Waals surface area (Å²) >= 11 is 9.07. The van der Waals surface area contributed by atoms with Gasteiger partial charge in [-0.05, 0) is 52.3 Å². The molecule has 4 rings (SSSR count). The minimum atomic E-state index is -5.05. The molecule has 218 valence electrons. The molecule has 1 amide bonds. The molecule has 2 N–H and O–H groups in total. The fourth-order valence-corrected chi connectivity index (χ4v) is 3.99. The third-order valence-corrected chi connectivity index (χ3v) is 6.16. The summed E-state index contributed by atoms with van der Waals surface area (Å²) < 4.78 is 79.8. The summed E-state index contributed by atoms with van der Waals surface area (Å²) in [5.74, 6) is -2.50. The molecule has 0 fully saturated rings. The Kier molecular flexibility index (Phi) is 8.55. The summed E-state index contributed by atoms with van der Waals surface area (Å²) in [6, 6.07) is 8.63. The Labute approximate surface area is 238 Å². The van der Waals surface area contributed by atoms with Crippen molar-refractivity contribution in [3.63, 3.8) is 0 Å². The normalized spacial score (nSPS) is 12.9. The predicted octanol–water partition coefficient (Wildman–Crippen LogP) is 3.37. The van der Waals surface area contributed by atoms with E-state index < -0.39 is 55.5 Å². The largest absolute Gasteiger partial charge is 0.416 e. The van der Waals surface area contributed by atoms with Crippen molar-refractivity contribution in [2.24, 2.45) is 0 Å². The molecule has 0 spiro atoms. The number of pyridine rings is 1. The number of alkyl halides is 6. The smallest absolute Gasteiger partial charge is 0.382 e. The number of nitrogens with zero attached hydrogens (tertiary/aromatic N) is 7. The number of carbonyl (C=O) groups is 1. The molecule has 19 heteroatoms. The van der Waals surface area contributed by atoms with E-state index in [9.17, 15) is 41.0 Å². The molecule has 1 atom stereocenters. The van der Waals surface area contributed by atoms with E-state index in [1.165, 1.54) is 42.6 Å². The quantitative estimate of drug-likeness (QED) is 0.275. The zero-order chi connectivity index (χ0) is 30.1. The summed E-state index contributed by atoms with van der Waals surface area (Å²) in [6.07, 6.45) is -11.4. The first-order chi connectivity index (χ1) is 19.1. The van der Waals surface area contributed by atoms with Gasteiger partial charge in [0, 0.05) is 16.8 Å². The fraction of sp³-hybridized carbons (Fsp3) is 0.273. The molecule has 0 aliphatic heterocycles. The van der Waals surface area contributed by atoms with E-state index in [2.05, 4.69) is 36.1 Å². The highest BCUT2D eigenvalue weighted by molar-refractivity contribution is 9.10. The van der Waals surface area contributed by atoms with E-state index >= 15 is 0 Å². The van der Waals surface area contributed by atoms with Crippen LogP contribution in [0.1, 0.15) is 16.4 Å². The number of benzene rings is 1. The number of hydrogen-bond donors (Lipinski definition) is 2. The van der Waals surface area contributed by atoms with Gasteiger partial charge in [0.1, 0.15) is 13.1 Å². The number of rotatable bonds is 8. The van der Waals surface area contributed by atoms with Crippen LogP contribution < -0.4 is 11.0 Å². The zero-order valence-corrected chi connectivity index (χ0v) is 22.5. The molecule has 41 heavy (non-hydrogen) atoms. The van der Waals surface area contributed by atoms with E-state index in [-0.39, 0.29) is 27.5 Å². The van der Waals surface area contributed by atoms with Crippen LogP contribution in [-0.2, 0) is 13.1 Å². The van der Waals surface area contributed by atoms with E-state index in [0.29, 0.717) is 14.3 Å². The number of nitrogens with one attached hydrogen (secondary N) is 1. The molecular weight excluding hydrogens is 654 g/mol. The molecule has 1 unspecified atom stereocenters. The maximum Gasteiger partial charge on any atom is 0.416 e. The molecule has 0 bridgehead atoms. The van der Waals surface area contributed by atoms with Gasteiger partial charge < -0.3 is 10.4 Å².